The molecule has 0 atom stereocenters. The van der Waals surface area contributed by atoms with Crippen LogP contribution in [0.1, 0.15) is 21.5 Å². The summed E-state index contributed by atoms with van der Waals surface area (Å²) in [6, 6.07) is 13.5. The highest BCUT2D eigenvalue weighted by Crippen LogP contribution is 2.36. The highest BCUT2D eigenvalue weighted by atomic mass is 35.5. The number of alkyl halides is 3. The molecule has 34 heavy (non-hydrogen) atoms. The van der Waals surface area contributed by atoms with E-state index >= 15 is 0 Å². The average Bonchev–Trinajstić information content (AvgIpc) is 2.74. The van der Waals surface area contributed by atoms with Crippen molar-refractivity contribution in [3.63, 3.8) is 0 Å². The Labute approximate surface area is 209 Å². The molecule has 1 N–H and O–H groups in total. The molecule has 5 nitrogen and oxygen atoms in total. The van der Waals surface area contributed by atoms with E-state index in [1.807, 2.05) is 0 Å². The molecule has 0 aliphatic rings. The molecule has 0 unspecified atom stereocenters. The van der Waals surface area contributed by atoms with E-state index in [-0.39, 0.29) is 33.5 Å². The van der Waals surface area contributed by atoms with Crippen LogP contribution in [-0.4, -0.2) is 20.6 Å². The highest BCUT2D eigenvalue weighted by molar-refractivity contribution is 7.92. The number of carbonyl (C=O) groups excluding carboxylic acids is 1. The Morgan fingerprint density at radius 1 is 0.971 bits per heavy atom. The SMILES string of the molecule is CS(=O)(=O)N(Cc1ccc(C(=O)Nc2ccc(Cl)c(C(F)(F)F)c2)cc1)c1cccc(Cl)c1Cl. The van der Waals surface area contributed by atoms with Gasteiger partial charge < -0.3 is 5.32 Å². The monoisotopic (exact) mass is 550 g/mol. The van der Waals surface area contributed by atoms with Crippen molar-refractivity contribution in [3.8, 4) is 0 Å². The maximum Gasteiger partial charge on any atom is 0.417 e. The molecule has 0 radical (unpaired) electrons. The zero-order valence-electron chi connectivity index (χ0n) is 17.3. The second-order valence-corrected chi connectivity index (χ2v) is 10.3. The van der Waals surface area contributed by atoms with Gasteiger partial charge in [-0.25, -0.2) is 8.42 Å². The van der Waals surface area contributed by atoms with E-state index in [4.69, 9.17) is 34.8 Å². The van der Waals surface area contributed by atoms with Crippen LogP contribution in [0.15, 0.2) is 60.7 Å². The van der Waals surface area contributed by atoms with Crippen LogP contribution in [0.3, 0.4) is 0 Å². The van der Waals surface area contributed by atoms with E-state index in [1.54, 1.807) is 6.07 Å². The summed E-state index contributed by atoms with van der Waals surface area (Å²) in [7, 11) is -3.73. The van der Waals surface area contributed by atoms with Gasteiger partial charge in [0.25, 0.3) is 5.91 Å². The molecular formula is C22H16Cl3F3N2O3S. The number of hydrogen-bond acceptors (Lipinski definition) is 3. The van der Waals surface area contributed by atoms with E-state index in [0.717, 1.165) is 22.7 Å². The molecule has 0 bridgehead atoms. The van der Waals surface area contributed by atoms with Crippen LogP contribution in [0.25, 0.3) is 0 Å². The predicted octanol–water partition coefficient (Wildman–Crippen LogP) is 6.88. The number of sulfonamides is 1. The van der Waals surface area contributed by atoms with Crippen molar-refractivity contribution in [2.45, 2.75) is 12.7 Å². The number of anilines is 2. The number of hydrogen-bond donors (Lipinski definition) is 1. The standard InChI is InChI=1S/C22H16Cl3F3N2O3S/c1-34(32,33)30(19-4-2-3-18(24)20(19)25)12-13-5-7-14(8-6-13)21(31)29-15-9-10-17(23)16(11-15)22(26,27)28/h2-11H,12H2,1H3,(H,29,31). The third kappa shape index (κ3) is 6.15. The molecule has 0 saturated heterocycles. The van der Waals surface area contributed by atoms with Gasteiger partial charge in [0.15, 0.2) is 0 Å². The van der Waals surface area contributed by atoms with E-state index in [2.05, 4.69) is 5.32 Å². The molecule has 12 heteroatoms. The van der Waals surface area contributed by atoms with Crippen molar-refractivity contribution < 1.29 is 26.4 Å². The summed E-state index contributed by atoms with van der Waals surface area (Å²) in [5, 5.41) is 2.17. The fraction of sp³-hybridized carbons (Fsp3) is 0.136. The molecule has 0 fully saturated rings. The van der Waals surface area contributed by atoms with E-state index in [1.165, 1.54) is 42.5 Å². The van der Waals surface area contributed by atoms with Gasteiger partial charge in [-0.1, -0.05) is 53.0 Å². The lowest BCUT2D eigenvalue weighted by Gasteiger charge is -2.24. The van der Waals surface area contributed by atoms with Crippen molar-refractivity contribution in [3.05, 3.63) is 92.4 Å². The van der Waals surface area contributed by atoms with Crippen LogP contribution in [-0.2, 0) is 22.7 Å². The molecule has 180 valence electrons. The minimum atomic E-state index is -4.67. The largest absolute Gasteiger partial charge is 0.417 e. The smallest absolute Gasteiger partial charge is 0.322 e. The van der Waals surface area contributed by atoms with Gasteiger partial charge in [0, 0.05) is 11.3 Å². The number of amides is 1. The Morgan fingerprint density at radius 2 is 1.62 bits per heavy atom. The molecule has 0 aliphatic carbocycles. The van der Waals surface area contributed by atoms with Gasteiger partial charge in [0.1, 0.15) is 0 Å². The number of nitrogens with zero attached hydrogens (tertiary/aromatic N) is 1. The maximum absolute atomic E-state index is 13.0. The van der Waals surface area contributed by atoms with E-state index in [0.29, 0.717) is 5.56 Å². The first-order chi connectivity index (χ1) is 15.8. The van der Waals surface area contributed by atoms with Crippen LogP contribution in [0.2, 0.25) is 15.1 Å². The van der Waals surface area contributed by atoms with Gasteiger partial charge in [-0.05, 0) is 48.0 Å². The summed E-state index contributed by atoms with van der Waals surface area (Å²) in [6.07, 6.45) is -3.65. The van der Waals surface area contributed by atoms with Crippen LogP contribution >= 0.6 is 34.8 Å². The molecule has 3 aromatic rings. The van der Waals surface area contributed by atoms with Gasteiger partial charge in [0.05, 0.1) is 39.1 Å². The van der Waals surface area contributed by atoms with Crippen LogP contribution in [0.5, 0.6) is 0 Å². The molecule has 0 spiro atoms. The average molecular weight is 552 g/mol. The quantitative estimate of drug-likeness (QED) is 0.363. The van der Waals surface area contributed by atoms with Crippen LogP contribution < -0.4 is 9.62 Å². The van der Waals surface area contributed by atoms with Gasteiger partial charge in [0.2, 0.25) is 10.0 Å². The number of benzene rings is 3. The van der Waals surface area contributed by atoms with Crippen LogP contribution in [0.4, 0.5) is 24.5 Å². The molecule has 0 aromatic heterocycles. The van der Waals surface area contributed by atoms with Gasteiger partial charge >= 0.3 is 6.18 Å². The van der Waals surface area contributed by atoms with Crippen molar-refractivity contribution in [1.82, 2.24) is 0 Å². The Kier molecular flexibility index (Phi) is 7.72. The Hall–Kier alpha value is -2.46. The first-order valence-corrected chi connectivity index (χ1v) is 12.4. The topological polar surface area (TPSA) is 66.5 Å². The minimum absolute atomic E-state index is 0.0757. The third-order valence-corrected chi connectivity index (χ3v) is 6.94. The number of carbonyl (C=O) groups is 1. The van der Waals surface area contributed by atoms with Crippen molar-refractivity contribution in [2.75, 3.05) is 15.9 Å². The molecule has 3 rings (SSSR count). The first kappa shape index (κ1) is 26.2. The number of rotatable bonds is 6. The minimum Gasteiger partial charge on any atom is -0.322 e. The summed E-state index contributed by atoms with van der Waals surface area (Å²) in [5.41, 5.74) is -0.267. The first-order valence-electron chi connectivity index (χ1n) is 9.46. The van der Waals surface area contributed by atoms with E-state index < -0.39 is 32.7 Å². The maximum atomic E-state index is 13.0. The number of nitrogens with one attached hydrogen (secondary N) is 1. The fourth-order valence-corrected chi connectivity index (χ4v) is 4.58. The van der Waals surface area contributed by atoms with Gasteiger partial charge in [-0.2, -0.15) is 13.2 Å². The molecule has 3 aromatic carbocycles. The molecular weight excluding hydrogens is 536 g/mol. The molecule has 0 saturated carbocycles. The Morgan fingerprint density at radius 3 is 2.21 bits per heavy atom. The highest BCUT2D eigenvalue weighted by Gasteiger charge is 2.33. The second kappa shape index (κ2) is 10.0. The second-order valence-electron chi connectivity index (χ2n) is 7.19. The lowest BCUT2D eigenvalue weighted by molar-refractivity contribution is -0.137. The van der Waals surface area contributed by atoms with Crippen LogP contribution in [0, 0.1) is 0 Å². The fourth-order valence-electron chi connectivity index (χ4n) is 3.02. The predicted molar refractivity (Wildman–Crippen MR) is 128 cm³/mol. The molecule has 0 aliphatic heterocycles. The zero-order chi connectivity index (χ0) is 25.3. The summed E-state index contributed by atoms with van der Waals surface area (Å²) in [5.74, 6) is -0.653. The Balaban J connectivity index is 1.80. The van der Waals surface area contributed by atoms with E-state index in [9.17, 15) is 26.4 Å². The normalized spacial score (nSPS) is 11.9. The lowest BCUT2D eigenvalue weighted by Crippen LogP contribution is -2.29. The van der Waals surface area contributed by atoms with Crippen molar-refractivity contribution in [2.24, 2.45) is 0 Å². The van der Waals surface area contributed by atoms with Gasteiger partial charge in [-0.3, -0.25) is 9.10 Å². The number of halogens is 6. The summed E-state index contributed by atoms with van der Waals surface area (Å²) in [4.78, 5) is 12.5. The summed E-state index contributed by atoms with van der Waals surface area (Å²) >= 11 is 17.8. The summed E-state index contributed by atoms with van der Waals surface area (Å²) < 4.78 is 64.9. The Bertz CT molecular complexity index is 1330. The summed E-state index contributed by atoms with van der Waals surface area (Å²) in [6.45, 7) is -0.0904. The third-order valence-electron chi connectivity index (χ3n) is 4.67. The lowest BCUT2D eigenvalue weighted by atomic mass is 10.1. The molecule has 0 heterocycles. The van der Waals surface area contributed by atoms with Crippen molar-refractivity contribution >= 4 is 62.1 Å². The van der Waals surface area contributed by atoms with Crippen molar-refractivity contribution in [1.29, 1.82) is 0 Å². The molecule has 1 amide bonds. The zero-order valence-corrected chi connectivity index (χ0v) is 20.4. The van der Waals surface area contributed by atoms with Gasteiger partial charge in [-0.15, -0.1) is 0 Å².